The molecule has 3 aromatic rings. The van der Waals surface area contributed by atoms with Crippen LogP contribution in [0.4, 0.5) is 5.69 Å². The first kappa shape index (κ1) is 25.7. The van der Waals surface area contributed by atoms with E-state index in [-0.39, 0.29) is 5.41 Å². The third kappa shape index (κ3) is 5.22. The van der Waals surface area contributed by atoms with Gasteiger partial charge in [0.25, 0.3) is 0 Å². The molecular weight excluding hydrogens is 482 g/mol. The van der Waals surface area contributed by atoms with Crippen molar-refractivity contribution in [2.24, 2.45) is 11.8 Å². The predicted octanol–water partition coefficient (Wildman–Crippen LogP) is 7.75. The third-order valence-electron chi connectivity index (χ3n) is 8.84. The molecule has 1 fully saturated rings. The molecule has 0 bridgehead atoms. The van der Waals surface area contributed by atoms with E-state index < -0.39 is 11.5 Å². The number of nitrogens with one attached hydrogen (secondary N) is 1. The fourth-order valence-electron chi connectivity index (χ4n) is 6.69. The minimum Gasteiger partial charge on any atom is -0.493 e. The Labute approximate surface area is 225 Å². The minimum atomic E-state index is -0.988. The summed E-state index contributed by atoms with van der Waals surface area (Å²) in [5, 5.41) is 14.3. The molecule has 0 saturated heterocycles. The van der Waals surface area contributed by atoms with E-state index in [1.807, 2.05) is 54.6 Å². The molecule has 1 spiro atoms. The Morgan fingerprint density at radius 1 is 1.03 bits per heavy atom. The Morgan fingerprint density at radius 2 is 1.76 bits per heavy atom. The van der Waals surface area contributed by atoms with Gasteiger partial charge in [0.1, 0.15) is 11.3 Å². The molecule has 0 unspecified atom stereocenters. The van der Waals surface area contributed by atoms with Gasteiger partial charge in [0, 0.05) is 10.7 Å². The van der Waals surface area contributed by atoms with Crippen LogP contribution < -0.4 is 10.1 Å². The van der Waals surface area contributed by atoms with Gasteiger partial charge in [-0.2, -0.15) is 0 Å². The Morgan fingerprint density at radius 3 is 2.46 bits per heavy atom. The molecule has 194 valence electrons. The first-order valence-electron chi connectivity index (χ1n) is 13.5. The number of carboxylic acids is 1. The summed E-state index contributed by atoms with van der Waals surface area (Å²) in [6.45, 7) is 2.96. The maximum atomic E-state index is 12.6. The molecule has 2 N–H and O–H groups in total. The molecule has 5 heteroatoms. The molecule has 2 atom stereocenters. The van der Waals surface area contributed by atoms with Crippen molar-refractivity contribution in [3.63, 3.8) is 0 Å². The average molecular weight is 518 g/mol. The number of rotatable bonds is 9. The van der Waals surface area contributed by atoms with Crippen molar-refractivity contribution in [1.82, 2.24) is 0 Å². The topological polar surface area (TPSA) is 58.6 Å². The Hall–Kier alpha value is -2.98. The number of hydrogen-bond acceptors (Lipinski definition) is 3. The molecule has 1 saturated carbocycles. The third-order valence-corrected chi connectivity index (χ3v) is 9.07. The maximum absolute atomic E-state index is 12.6. The van der Waals surface area contributed by atoms with Crippen molar-refractivity contribution in [2.75, 3.05) is 11.9 Å². The number of fused-ring (bicyclic) bond motifs is 2. The van der Waals surface area contributed by atoms with Crippen molar-refractivity contribution >= 4 is 23.3 Å². The van der Waals surface area contributed by atoms with Crippen LogP contribution in [0.3, 0.4) is 0 Å². The van der Waals surface area contributed by atoms with Crippen molar-refractivity contribution in [2.45, 2.75) is 62.8 Å². The summed E-state index contributed by atoms with van der Waals surface area (Å²) >= 11 is 6.19. The number of aliphatic carboxylic acids is 1. The molecule has 0 amide bonds. The quantitative estimate of drug-likeness (QED) is 0.304. The van der Waals surface area contributed by atoms with E-state index in [1.54, 1.807) is 0 Å². The molecule has 0 heterocycles. The molecule has 4 nitrogen and oxygen atoms in total. The highest BCUT2D eigenvalue weighted by Gasteiger charge is 2.54. The van der Waals surface area contributed by atoms with Gasteiger partial charge in [-0.25, -0.2) is 4.79 Å². The maximum Gasteiger partial charge on any atom is 0.329 e. The summed E-state index contributed by atoms with van der Waals surface area (Å²) in [6, 6.07) is 26.2. The lowest BCUT2D eigenvalue weighted by molar-refractivity contribution is -0.144. The first-order chi connectivity index (χ1) is 17.9. The Balaban J connectivity index is 1.36. The van der Waals surface area contributed by atoms with Crippen molar-refractivity contribution < 1.29 is 14.6 Å². The number of para-hydroxylation sites is 1. The highest BCUT2D eigenvalue weighted by Crippen LogP contribution is 2.56. The fourth-order valence-corrected chi connectivity index (χ4v) is 6.89. The minimum absolute atomic E-state index is 0.00568. The number of hydrogen-bond donors (Lipinski definition) is 2. The summed E-state index contributed by atoms with van der Waals surface area (Å²) < 4.78 is 6.16. The summed E-state index contributed by atoms with van der Waals surface area (Å²) in [6.07, 6.45) is 6.06. The summed E-state index contributed by atoms with van der Waals surface area (Å²) in [7, 11) is 0. The van der Waals surface area contributed by atoms with Crippen LogP contribution >= 0.6 is 11.6 Å². The second-order valence-electron chi connectivity index (χ2n) is 10.9. The van der Waals surface area contributed by atoms with E-state index >= 15 is 0 Å². The largest absolute Gasteiger partial charge is 0.493 e. The normalized spacial score (nSPS) is 25.4. The van der Waals surface area contributed by atoms with Crippen LogP contribution in [-0.4, -0.2) is 23.2 Å². The molecule has 5 rings (SSSR count). The van der Waals surface area contributed by atoms with Gasteiger partial charge < -0.3 is 15.2 Å². The lowest BCUT2D eigenvalue weighted by Crippen LogP contribution is -2.53. The molecule has 2 aliphatic carbocycles. The van der Waals surface area contributed by atoms with E-state index in [0.29, 0.717) is 36.3 Å². The number of carboxylic acid groups (broad SMARTS) is 1. The van der Waals surface area contributed by atoms with Crippen molar-refractivity contribution in [1.29, 1.82) is 0 Å². The summed E-state index contributed by atoms with van der Waals surface area (Å²) in [5.41, 5.74) is 2.64. The predicted molar refractivity (Wildman–Crippen MR) is 150 cm³/mol. The van der Waals surface area contributed by atoms with E-state index in [9.17, 15) is 9.90 Å². The van der Waals surface area contributed by atoms with Gasteiger partial charge in [0.15, 0.2) is 0 Å². The van der Waals surface area contributed by atoms with Crippen LogP contribution in [0.25, 0.3) is 0 Å². The second-order valence-corrected chi connectivity index (χ2v) is 11.3. The zero-order chi connectivity index (χ0) is 25.9. The summed E-state index contributed by atoms with van der Waals surface area (Å²) in [5.74, 6) is 1.06. The SMILES string of the molecule is CC[C@H](COc1ccccc1)C[C@H]1Cc2ccccc2C12CCC(Nc1cccc(Cl)c1)(C(=O)O)CC2. The zero-order valence-electron chi connectivity index (χ0n) is 21.5. The van der Waals surface area contributed by atoms with Gasteiger partial charge in [-0.3, -0.25) is 0 Å². The monoisotopic (exact) mass is 517 g/mol. The van der Waals surface area contributed by atoms with E-state index in [4.69, 9.17) is 16.3 Å². The van der Waals surface area contributed by atoms with Gasteiger partial charge in [-0.05, 0) is 97.2 Å². The van der Waals surface area contributed by atoms with E-state index in [1.165, 1.54) is 11.1 Å². The number of ether oxygens (including phenoxy) is 1. The average Bonchev–Trinajstić information content (AvgIpc) is 3.21. The molecule has 2 aliphatic rings. The van der Waals surface area contributed by atoms with Gasteiger partial charge in [0.05, 0.1) is 6.61 Å². The van der Waals surface area contributed by atoms with Gasteiger partial charge in [-0.1, -0.05) is 73.5 Å². The van der Waals surface area contributed by atoms with Crippen molar-refractivity contribution in [3.8, 4) is 5.75 Å². The lowest BCUT2D eigenvalue weighted by atomic mass is 9.59. The van der Waals surface area contributed by atoms with Crippen LogP contribution in [0, 0.1) is 11.8 Å². The Bertz CT molecular complexity index is 1220. The fraction of sp³-hybridized carbons (Fsp3) is 0.406. The number of carbonyl (C=O) groups is 1. The molecule has 0 radical (unpaired) electrons. The molecule has 37 heavy (non-hydrogen) atoms. The van der Waals surface area contributed by atoms with Crippen molar-refractivity contribution in [3.05, 3.63) is 95.0 Å². The zero-order valence-corrected chi connectivity index (χ0v) is 22.2. The van der Waals surface area contributed by atoms with Gasteiger partial charge >= 0.3 is 5.97 Å². The highest BCUT2D eigenvalue weighted by molar-refractivity contribution is 6.30. The van der Waals surface area contributed by atoms with Crippen LogP contribution in [0.15, 0.2) is 78.9 Å². The molecule has 3 aromatic carbocycles. The van der Waals surface area contributed by atoms with Gasteiger partial charge in [-0.15, -0.1) is 0 Å². The van der Waals surface area contributed by atoms with E-state index in [2.05, 4.69) is 36.5 Å². The van der Waals surface area contributed by atoms with E-state index in [0.717, 1.165) is 43.5 Å². The highest BCUT2D eigenvalue weighted by atomic mass is 35.5. The molecule has 0 aliphatic heterocycles. The first-order valence-corrected chi connectivity index (χ1v) is 13.9. The number of benzene rings is 3. The Kier molecular flexibility index (Phi) is 7.48. The van der Waals surface area contributed by atoms with Crippen LogP contribution in [0.5, 0.6) is 5.75 Å². The number of anilines is 1. The van der Waals surface area contributed by atoms with Crippen LogP contribution in [0.1, 0.15) is 56.6 Å². The lowest BCUT2D eigenvalue weighted by Gasteiger charge is -2.47. The molecule has 0 aromatic heterocycles. The second kappa shape index (κ2) is 10.8. The van der Waals surface area contributed by atoms with Gasteiger partial charge in [0.2, 0.25) is 0 Å². The standard InChI is InChI=1S/C32H36ClNO3/c1-2-23(22-37-28-12-4-3-5-13-28)19-25-20-24-9-6-7-14-29(24)31(25)15-17-32(18-16-31,30(35)36)34-27-11-8-10-26(33)21-27/h3-14,21,23,25,34H,2,15-20,22H2,1H3,(H,35,36)/t23-,25-,31?,32?/m0/s1. The van der Waals surface area contributed by atoms with Crippen LogP contribution in [0.2, 0.25) is 5.02 Å². The summed E-state index contributed by atoms with van der Waals surface area (Å²) in [4.78, 5) is 12.6. The molecular formula is C32H36ClNO3. The van der Waals surface area contributed by atoms with Crippen LogP contribution in [-0.2, 0) is 16.6 Å². The number of halogens is 1. The smallest absolute Gasteiger partial charge is 0.329 e.